The number of nitrogens with zero attached hydrogens (tertiary/aromatic N) is 1. The monoisotopic (exact) mass is 474 g/mol. The van der Waals surface area contributed by atoms with E-state index in [4.69, 9.17) is 4.74 Å². The predicted octanol–water partition coefficient (Wildman–Crippen LogP) is 4.16. The van der Waals surface area contributed by atoms with Gasteiger partial charge in [-0.25, -0.2) is 9.59 Å². The highest BCUT2D eigenvalue weighted by molar-refractivity contribution is 5.93. The van der Waals surface area contributed by atoms with Gasteiger partial charge in [-0.05, 0) is 60.3 Å². The minimum atomic E-state index is -1.03. The molecule has 1 heterocycles. The molecule has 1 saturated heterocycles. The van der Waals surface area contributed by atoms with Crippen LogP contribution in [0.3, 0.4) is 0 Å². The Kier molecular flexibility index (Phi) is 5.13. The summed E-state index contributed by atoms with van der Waals surface area (Å²) < 4.78 is 5.65. The van der Waals surface area contributed by atoms with E-state index in [1.807, 2.05) is 24.3 Å². The van der Waals surface area contributed by atoms with Crippen molar-refractivity contribution in [2.45, 2.75) is 50.0 Å². The Morgan fingerprint density at radius 2 is 1.66 bits per heavy atom. The Bertz CT molecular complexity index is 1160. The number of aliphatic carboxylic acids is 1. The molecule has 0 unspecified atom stereocenters. The van der Waals surface area contributed by atoms with Crippen LogP contribution in [0.1, 0.15) is 55.6 Å². The highest BCUT2D eigenvalue weighted by atomic mass is 16.5. The van der Waals surface area contributed by atoms with E-state index < -0.39 is 23.0 Å². The van der Waals surface area contributed by atoms with Gasteiger partial charge in [0.15, 0.2) is 0 Å². The van der Waals surface area contributed by atoms with Crippen molar-refractivity contribution in [3.63, 3.8) is 0 Å². The van der Waals surface area contributed by atoms with Gasteiger partial charge < -0.3 is 20.1 Å². The zero-order valence-corrected chi connectivity index (χ0v) is 19.7. The number of carbonyl (C=O) groups is 3. The number of hydrogen-bond donors (Lipinski definition) is 2. The van der Waals surface area contributed by atoms with Gasteiger partial charge in [0.2, 0.25) is 5.91 Å². The molecule has 1 aliphatic heterocycles. The fourth-order valence-electron chi connectivity index (χ4n) is 6.59. The first-order chi connectivity index (χ1) is 17.0. The summed E-state index contributed by atoms with van der Waals surface area (Å²) in [5.74, 6) is -0.977. The van der Waals surface area contributed by atoms with Crippen molar-refractivity contribution < 1.29 is 24.2 Å². The van der Waals surface area contributed by atoms with Crippen LogP contribution in [-0.4, -0.2) is 53.2 Å². The topological polar surface area (TPSA) is 95.9 Å². The van der Waals surface area contributed by atoms with Crippen molar-refractivity contribution in [1.29, 1.82) is 0 Å². The van der Waals surface area contributed by atoms with E-state index >= 15 is 0 Å². The number of carboxylic acids is 1. The zero-order valence-electron chi connectivity index (χ0n) is 19.7. The number of likely N-dealkylation sites (tertiary alicyclic amines) is 1. The second-order valence-electron chi connectivity index (χ2n) is 10.5. The van der Waals surface area contributed by atoms with Gasteiger partial charge in [0.05, 0.1) is 5.41 Å². The average molecular weight is 475 g/mol. The third-order valence-corrected chi connectivity index (χ3v) is 8.78. The van der Waals surface area contributed by atoms with Crippen molar-refractivity contribution in [1.82, 2.24) is 10.2 Å². The fourth-order valence-corrected chi connectivity index (χ4v) is 6.59. The minimum absolute atomic E-state index is 0.0250. The van der Waals surface area contributed by atoms with Crippen LogP contribution in [0.5, 0.6) is 0 Å². The number of benzene rings is 2. The summed E-state index contributed by atoms with van der Waals surface area (Å²) in [6.45, 7) is 0.879. The maximum Gasteiger partial charge on any atom is 0.407 e. The third kappa shape index (κ3) is 3.35. The summed E-state index contributed by atoms with van der Waals surface area (Å²) in [6.07, 6.45) is 3.92. The molecule has 0 aromatic heterocycles. The number of alkyl carbamates (subject to hydrolysis) is 1. The molecule has 3 aliphatic carbocycles. The average Bonchev–Trinajstić information content (AvgIpc) is 3.53. The molecule has 2 aromatic rings. The van der Waals surface area contributed by atoms with Crippen LogP contribution in [0.15, 0.2) is 48.5 Å². The van der Waals surface area contributed by atoms with Gasteiger partial charge in [0, 0.05) is 19.0 Å². The van der Waals surface area contributed by atoms with Crippen LogP contribution in [0.25, 0.3) is 11.1 Å². The summed E-state index contributed by atoms with van der Waals surface area (Å²) >= 11 is 0. The van der Waals surface area contributed by atoms with Crippen LogP contribution < -0.4 is 5.32 Å². The number of fused-ring (bicyclic) bond motifs is 4. The zero-order chi connectivity index (χ0) is 24.2. The molecule has 6 rings (SSSR count). The maximum absolute atomic E-state index is 13.6. The second-order valence-corrected chi connectivity index (χ2v) is 10.5. The Labute approximate surface area is 204 Å². The Morgan fingerprint density at radius 3 is 2.26 bits per heavy atom. The number of rotatable bonds is 6. The lowest BCUT2D eigenvalue weighted by atomic mass is 9.67. The second kappa shape index (κ2) is 8.11. The summed E-state index contributed by atoms with van der Waals surface area (Å²) in [4.78, 5) is 39.9. The molecule has 2 N–H and O–H groups in total. The molecule has 0 spiro atoms. The molecule has 0 radical (unpaired) electrons. The predicted molar refractivity (Wildman–Crippen MR) is 129 cm³/mol. The number of hydrogen-bond acceptors (Lipinski definition) is 4. The van der Waals surface area contributed by atoms with E-state index in [1.165, 1.54) is 11.1 Å². The third-order valence-electron chi connectivity index (χ3n) is 8.78. The first-order valence-electron chi connectivity index (χ1n) is 12.6. The fraction of sp³-hybridized carbons (Fsp3) is 0.464. The van der Waals surface area contributed by atoms with Crippen LogP contribution in [0, 0.1) is 11.3 Å². The molecular formula is C28H30N2O5. The van der Waals surface area contributed by atoms with E-state index in [0.29, 0.717) is 25.8 Å². The highest BCUT2D eigenvalue weighted by Crippen LogP contribution is 2.56. The molecule has 7 heteroatoms. The summed E-state index contributed by atoms with van der Waals surface area (Å²) in [5, 5.41) is 12.7. The normalized spacial score (nSPS) is 25.5. The van der Waals surface area contributed by atoms with E-state index in [2.05, 4.69) is 29.6 Å². The highest BCUT2D eigenvalue weighted by Gasteiger charge is 2.68. The largest absolute Gasteiger partial charge is 0.479 e. The van der Waals surface area contributed by atoms with Crippen LogP contribution in [-0.2, 0) is 14.3 Å². The summed E-state index contributed by atoms with van der Waals surface area (Å²) in [5.41, 5.74) is 2.89. The van der Waals surface area contributed by atoms with Crippen molar-refractivity contribution >= 4 is 18.0 Å². The molecule has 4 aliphatic rings. The van der Waals surface area contributed by atoms with Gasteiger partial charge in [0.25, 0.3) is 0 Å². The standard InChI is InChI=1S/C28H30N2O5/c31-24(30-14-5-7-18-15-28(18,30)25(32)33)27(12-6-13-27)17-29-26(34)35-16-23-21-10-3-1-8-19(21)20-9-2-4-11-22(20)23/h1-4,8-11,18,23H,5-7,12-17H2,(H,29,34)(H,32,33)/t18-,28+/m1/s1. The molecule has 2 atom stereocenters. The van der Waals surface area contributed by atoms with E-state index in [-0.39, 0.29) is 30.9 Å². The Balaban J connectivity index is 1.11. The maximum atomic E-state index is 13.6. The van der Waals surface area contributed by atoms with Crippen LogP contribution in [0.4, 0.5) is 4.79 Å². The minimum Gasteiger partial charge on any atom is -0.479 e. The lowest BCUT2D eigenvalue weighted by molar-refractivity contribution is -0.162. The number of amides is 2. The molecule has 2 aromatic carbocycles. The molecule has 3 fully saturated rings. The number of ether oxygens (including phenoxy) is 1. The Hall–Kier alpha value is -3.35. The van der Waals surface area contributed by atoms with Gasteiger partial charge in [-0.3, -0.25) is 4.79 Å². The quantitative estimate of drug-likeness (QED) is 0.655. The smallest absolute Gasteiger partial charge is 0.407 e. The molecule has 182 valence electrons. The molecular weight excluding hydrogens is 444 g/mol. The number of carboxylic acid groups (broad SMARTS) is 1. The lowest BCUT2D eigenvalue weighted by Crippen LogP contribution is -2.60. The van der Waals surface area contributed by atoms with E-state index in [1.54, 1.807) is 4.90 Å². The first kappa shape index (κ1) is 22.1. The number of piperidine rings is 1. The van der Waals surface area contributed by atoms with Crippen molar-refractivity contribution in [2.24, 2.45) is 11.3 Å². The molecule has 7 nitrogen and oxygen atoms in total. The van der Waals surface area contributed by atoms with Crippen LogP contribution in [0.2, 0.25) is 0 Å². The van der Waals surface area contributed by atoms with Crippen LogP contribution >= 0.6 is 0 Å². The Morgan fingerprint density at radius 1 is 1.00 bits per heavy atom. The van der Waals surface area contributed by atoms with Gasteiger partial charge in [-0.1, -0.05) is 55.0 Å². The molecule has 35 heavy (non-hydrogen) atoms. The molecule has 0 bridgehead atoms. The molecule has 2 amide bonds. The van der Waals surface area contributed by atoms with Crippen molar-refractivity contribution in [2.75, 3.05) is 19.7 Å². The first-order valence-corrected chi connectivity index (χ1v) is 12.6. The van der Waals surface area contributed by atoms with E-state index in [0.717, 1.165) is 30.4 Å². The van der Waals surface area contributed by atoms with Gasteiger partial charge >= 0.3 is 12.1 Å². The van der Waals surface area contributed by atoms with Gasteiger partial charge in [-0.15, -0.1) is 0 Å². The van der Waals surface area contributed by atoms with Crippen molar-refractivity contribution in [3.05, 3.63) is 59.7 Å². The van der Waals surface area contributed by atoms with Gasteiger partial charge in [0.1, 0.15) is 12.1 Å². The number of nitrogens with one attached hydrogen (secondary N) is 1. The summed E-state index contributed by atoms with van der Waals surface area (Å²) in [7, 11) is 0. The summed E-state index contributed by atoms with van der Waals surface area (Å²) in [6, 6.07) is 16.4. The SMILES string of the molecule is O=C(NCC1(C(=O)N2CCC[C@@H]3C[C@@]32C(=O)O)CCC1)OCC1c2ccccc2-c2ccccc21. The molecule has 2 saturated carbocycles. The van der Waals surface area contributed by atoms with Crippen molar-refractivity contribution in [3.8, 4) is 11.1 Å². The lowest BCUT2D eigenvalue weighted by Gasteiger charge is -2.46. The van der Waals surface area contributed by atoms with E-state index in [9.17, 15) is 19.5 Å². The van der Waals surface area contributed by atoms with Gasteiger partial charge in [-0.2, -0.15) is 0 Å². The number of carbonyl (C=O) groups excluding carboxylic acids is 2.